The first-order valence-corrected chi connectivity index (χ1v) is 8.33. The fourth-order valence-corrected chi connectivity index (χ4v) is 4.59. The third-order valence-electron chi connectivity index (χ3n) is 3.95. The maximum Gasteiger partial charge on any atom is 0.280 e. The van der Waals surface area contributed by atoms with E-state index < -0.39 is 10.2 Å². The molecule has 0 spiro atoms. The second kappa shape index (κ2) is 5.65. The van der Waals surface area contributed by atoms with Crippen LogP contribution in [0.1, 0.15) is 20.8 Å². The molecule has 0 aliphatic carbocycles. The second-order valence-electron chi connectivity index (χ2n) is 5.99. The van der Waals surface area contributed by atoms with Gasteiger partial charge < -0.3 is 9.64 Å². The van der Waals surface area contributed by atoms with Crippen LogP contribution in [-0.2, 0) is 14.9 Å². The van der Waals surface area contributed by atoms with Crippen molar-refractivity contribution in [2.45, 2.75) is 39.0 Å². The number of morpholine rings is 1. The van der Waals surface area contributed by atoms with E-state index >= 15 is 0 Å². The lowest BCUT2D eigenvalue weighted by Gasteiger charge is -2.36. The molecule has 2 aliphatic rings. The molecule has 0 aromatic heterocycles. The molecule has 2 rings (SSSR count). The van der Waals surface area contributed by atoms with Gasteiger partial charge in [-0.3, -0.25) is 0 Å². The van der Waals surface area contributed by atoms with Crippen LogP contribution in [0.3, 0.4) is 0 Å². The number of nitrogens with one attached hydrogen (secondary N) is 1. The summed E-state index contributed by atoms with van der Waals surface area (Å²) in [6, 6.07) is -0.108. The van der Waals surface area contributed by atoms with Gasteiger partial charge in [0, 0.05) is 31.7 Å². The topological polar surface area (TPSA) is 61.9 Å². The number of ether oxygens (including phenoxy) is 1. The zero-order chi connectivity index (χ0) is 14.2. The van der Waals surface area contributed by atoms with Crippen molar-refractivity contribution in [3.8, 4) is 0 Å². The Balaban J connectivity index is 2.05. The van der Waals surface area contributed by atoms with Crippen molar-refractivity contribution >= 4 is 10.2 Å². The van der Waals surface area contributed by atoms with E-state index in [0.29, 0.717) is 19.1 Å². The van der Waals surface area contributed by atoms with Gasteiger partial charge in [-0.2, -0.15) is 17.4 Å². The van der Waals surface area contributed by atoms with Crippen LogP contribution in [-0.4, -0.2) is 69.1 Å². The predicted octanol–water partition coefficient (Wildman–Crippen LogP) is -0.120. The van der Waals surface area contributed by atoms with Crippen LogP contribution in [0.2, 0.25) is 0 Å². The average molecular weight is 291 g/mol. The Bertz CT molecular complexity index is 414. The molecule has 2 aliphatic heterocycles. The minimum Gasteiger partial charge on any atom is -0.375 e. The number of rotatable bonds is 3. The molecule has 4 atom stereocenters. The van der Waals surface area contributed by atoms with Crippen LogP contribution in [0.4, 0.5) is 0 Å². The summed E-state index contributed by atoms with van der Waals surface area (Å²) in [5, 5.41) is 0. The van der Waals surface area contributed by atoms with Gasteiger partial charge in [0.25, 0.3) is 10.2 Å². The first-order valence-electron chi connectivity index (χ1n) is 6.89. The van der Waals surface area contributed by atoms with Crippen LogP contribution in [0.15, 0.2) is 0 Å². The molecule has 0 aromatic rings. The van der Waals surface area contributed by atoms with E-state index in [-0.39, 0.29) is 18.2 Å². The second-order valence-corrected chi connectivity index (χ2v) is 7.65. The van der Waals surface area contributed by atoms with Crippen molar-refractivity contribution in [3.63, 3.8) is 0 Å². The van der Waals surface area contributed by atoms with Gasteiger partial charge in [0.15, 0.2) is 0 Å². The third kappa shape index (κ3) is 3.46. The van der Waals surface area contributed by atoms with Gasteiger partial charge in [0.1, 0.15) is 0 Å². The van der Waals surface area contributed by atoms with E-state index in [2.05, 4.69) is 16.5 Å². The van der Waals surface area contributed by atoms with Gasteiger partial charge in [0.2, 0.25) is 0 Å². The summed E-state index contributed by atoms with van der Waals surface area (Å²) in [6.45, 7) is 8.46. The summed E-state index contributed by atoms with van der Waals surface area (Å²) < 4.78 is 34.9. The minimum atomic E-state index is -3.43. The van der Waals surface area contributed by atoms with Crippen molar-refractivity contribution < 1.29 is 13.2 Å². The van der Waals surface area contributed by atoms with E-state index in [1.165, 1.54) is 4.31 Å². The fraction of sp³-hybridized carbons (Fsp3) is 1.00. The zero-order valence-corrected chi connectivity index (χ0v) is 13.0. The van der Waals surface area contributed by atoms with Crippen molar-refractivity contribution in [3.05, 3.63) is 0 Å². The number of nitrogens with zero attached hydrogens (tertiary/aromatic N) is 2. The highest BCUT2D eigenvalue weighted by molar-refractivity contribution is 7.87. The number of hydrogen-bond acceptors (Lipinski definition) is 4. The van der Waals surface area contributed by atoms with Gasteiger partial charge in [-0.05, 0) is 26.8 Å². The first-order chi connectivity index (χ1) is 8.79. The van der Waals surface area contributed by atoms with Crippen LogP contribution in [0, 0.1) is 5.92 Å². The van der Waals surface area contributed by atoms with Gasteiger partial charge in [-0.1, -0.05) is 6.92 Å². The molecule has 0 saturated carbocycles. The lowest BCUT2D eigenvalue weighted by molar-refractivity contribution is -0.0176. The molecular formula is C12H25N3O3S. The van der Waals surface area contributed by atoms with Crippen molar-refractivity contribution in [2.75, 3.05) is 33.3 Å². The number of hydrogen-bond donors (Lipinski definition) is 1. The standard InChI is InChI=1S/C12H25N3O3S/c1-9-5-14(4)7-12(9)13-19(16,17)15-6-11(3)18-8-10(15)2/h9-13H,5-8H2,1-4H3. The fourth-order valence-electron chi connectivity index (χ4n) is 2.83. The SMILES string of the molecule is CC1CN(S(=O)(=O)NC2CN(C)CC2C)C(C)CO1. The van der Waals surface area contributed by atoms with Crippen LogP contribution < -0.4 is 4.72 Å². The molecular weight excluding hydrogens is 266 g/mol. The molecule has 0 aromatic carbocycles. The monoisotopic (exact) mass is 291 g/mol. The third-order valence-corrected chi connectivity index (χ3v) is 5.68. The normalized spacial score (nSPS) is 38.7. The molecule has 2 fully saturated rings. The van der Waals surface area contributed by atoms with Gasteiger partial charge in [-0.25, -0.2) is 0 Å². The van der Waals surface area contributed by atoms with Gasteiger partial charge in [-0.15, -0.1) is 0 Å². The van der Waals surface area contributed by atoms with Crippen LogP contribution in [0.5, 0.6) is 0 Å². The van der Waals surface area contributed by atoms with Crippen molar-refractivity contribution in [2.24, 2.45) is 5.92 Å². The molecule has 0 radical (unpaired) electrons. The lowest BCUT2D eigenvalue weighted by atomic mass is 10.1. The highest BCUT2D eigenvalue weighted by Crippen LogP contribution is 2.19. The predicted molar refractivity (Wildman–Crippen MR) is 74.1 cm³/mol. The molecule has 7 heteroatoms. The molecule has 4 unspecified atom stereocenters. The van der Waals surface area contributed by atoms with Crippen LogP contribution >= 0.6 is 0 Å². The van der Waals surface area contributed by atoms with E-state index in [1.54, 1.807) is 0 Å². The minimum absolute atomic E-state index is 0.000325. The Morgan fingerprint density at radius 2 is 1.84 bits per heavy atom. The van der Waals surface area contributed by atoms with Gasteiger partial charge >= 0.3 is 0 Å². The van der Waals surface area contributed by atoms with E-state index in [9.17, 15) is 8.42 Å². The van der Waals surface area contributed by atoms with Crippen molar-refractivity contribution in [1.82, 2.24) is 13.9 Å². The highest BCUT2D eigenvalue weighted by Gasteiger charge is 2.37. The Labute approximate surface area is 116 Å². The molecule has 0 bridgehead atoms. The molecule has 2 heterocycles. The number of likely N-dealkylation sites (N-methyl/N-ethyl adjacent to an activating group) is 1. The smallest absolute Gasteiger partial charge is 0.280 e. The molecule has 6 nitrogen and oxygen atoms in total. The van der Waals surface area contributed by atoms with E-state index in [1.807, 2.05) is 20.9 Å². The van der Waals surface area contributed by atoms with Gasteiger partial charge in [0.05, 0.1) is 12.7 Å². The van der Waals surface area contributed by atoms with Crippen LogP contribution in [0.25, 0.3) is 0 Å². The summed E-state index contributed by atoms with van der Waals surface area (Å²) in [6.07, 6.45) is -0.0450. The summed E-state index contributed by atoms with van der Waals surface area (Å²) in [7, 11) is -1.41. The summed E-state index contributed by atoms with van der Waals surface area (Å²) in [4.78, 5) is 2.16. The molecule has 2 saturated heterocycles. The quantitative estimate of drug-likeness (QED) is 0.787. The van der Waals surface area contributed by atoms with E-state index in [0.717, 1.165) is 13.1 Å². The van der Waals surface area contributed by atoms with E-state index in [4.69, 9.17) is 4.74 Å². The maximum atomic E-state index is 12.5. The lowest BCUT2D eigenvalue weighted by Crippen LogP contribution is -2.56. The highest BCUT2D eigenvalue weighted by atomic mass is 32.2. The van der Waals surface area contributed by atoms with Crippen molar-refractivity contribution in [1.29, 1.82) is 0 Å². The number of likely N-dealkylation sites (tertiary alicyclic amines) is 1. The first kappa shape index (κ1) is 15.2. The summed E-state index contributed by atoms with van der Waals surface area (Å²) >= 11 is 0. The molecule has 112 valence electrons. The summed E-state index contributed by atoms with van der Waals surface area (Å²) in [5.41, 5.74) is 0. The zero-order valence-electron chi connectivity index (χ0n) is 12.2. The average Bonchev–Trinajstić information content (AvgIpc) is 2.60. The Kier molecular flexibility index (Phi) is 4.52. The molecule has 0 amide bonds. The molecule has 19 heavy (non-hydrogen) atoms. The Morgan fingerprint density at radius 1 is 1.16 bits per heavy atom. The largest absolute Gasteiger partial charge is 0.375 e. The summed E-state index contributed by atoms with van der Waals surface area (Å²) in [5.74, 6) is 0.341. The molecule has 1 N–H and O–H groups in total. The maximum absolute atomic E-state index is 12.5. The Morgan fingerprint density at radius 3 is 2.42 bits per heavy atom. The Hall–Kier alpha value is -0.210.